The normalized spacial score (nSPS) is 20.6. The topological polar surface area (TPSA) is 189 Å². The number of benzene rings is 2. The number of alkyl carbamates (subject to hydrolysis) is 2. The fourth-order valence-corrected chi connectivity index (χ4v) is 8.90. The summed E-state index contributed by atoms with van der Waals surface area (Å²) in [4.78, 5) is 70.7. The number of alkyl halides is 1. The number of rotatable bonds is 10. The minimum atomic E-state index is -1.24. The molecule has 17 heteroatoms. The van der Waals surface area contributed by atoms with E-state index < -0.39 is 42.4 Å². The van der Waals surface area contributed by atoms with Crippen LogP contribution in [0.1, 0.15) is 83.8 Å². The van der Waals surface area contributed by atoms with E-state index in [2.05, 4.69) is 42.3 Å². The molecule has 8 rings (SSSR count). The maximum Gasteiger partial charge on any atom is 0.407 e. The SMILES string of the molecule is COC(=O)N[C@H](C(=O)N1CCC[C@H]1c1ncc(-c2ccc3c(c2)OC(C)n2c-3cc3cc(-c4cnc([C@@H]5C[C@@H](F)CN5C(=O)[C@@H](NC(=O)OC)C(C)C)[nH]4)ccc32)[nH]1)C(C)C. The maximum atomic E-state index is 14.9. The van der Waals surface area contributed by atoms with Gasteiger partial charge < -0.3 is 49.2 Å². The van der Waals surface area contributed by atoms with Crippen molar-refractivity contribution in [2.24, 2.45) is 11.8 Å². The molecule has 0 spiro atoms. The summed E-state index contributed by atoms with van der Waals surface area (Å²) >= 11 is 0. The molecular formula is C44H52FN9O7. The van der Waals surface area contributed by atoms with Gasteiger partial charge in [-0.3, -0.25) is 9.59 Å². The molecule has 1 unspecified atom stereocenters. The molecule has 322 valence electrons. The molecule has 3 aliphatic heterocycles. The predicted molar refractivity (Wildman–Crippen MR) is 224 cm³/mol. The summed E-state index contributed by atoms with van der Waals surface area (Å²) in [5, 5.41) is 6.28. The van der Waals surface area contributed by atoms with Gasteiger partial charge in [0, 0.05) is 35.0 Å². The molecule has 0 radical (unpaired) electrons. The van der Waals surface area contributed by atoms with E-state index in [9.17, 15) is 23.6 Å². The Kier molecular flexibility index (Phi) is 11.2. The number of aromatic amines is 2. The lowest BCUT2D eigenvalue weighted by atomic mass is 10.0. The summed E-state index contributed by atoms with van der Waals surface area (Å²) in [6, 6.07) is 11.8. The number of amides is 4. The van der Waals surface area contributed by atoms with Gasteiger partial charge in [0.25, 0.3) is 0 Å². The fourth-order valence-electron chi connectivity index (χ4n) is 8.90. The monoisotopic (exact) mass is 837 g/mol. The number of carbonyl (C=O) groups excluding carboxylic acids is 4. The van der Waals surface area contributed by atoms with Crippen LogP contribution >= 0.6 is 0 Å². The number of likely N-dealkylation sites (tertiary alicyclic amines) is 2. The van der Waals surface area contributed by atoms with Gasteiger partial charge in [-0.05, 0) is 61.9 Å². The van der Waals surface area contributed by atoms with Gasteiger partial charge in [-0.25, -0.2) is 23.9 Å². The van der Waals surface area contributed by atoms with Crippen LogP contribution < -0.4 is 15.4 Å². The Balaban J connectivity index is 1.02. The van der Waals surface area contributed by atoms with Crippen LogP contribution in [0.3, 0.4) is 0 Å². The van der Waals surface area contributed by atoms with Crippen molar-refractivity contribution in [1.82, 2.24) is 44.9 Å². The highest BCUT2D eigenvalue weighted by molar-refractivity contribution is 5.92. The van der Waals surface area contributed by atoms with Crippen molar-refractivity contribution in [2.45, 2.75) is 90.4 Å². The van der Waals surface area contributed by atoms with Gasteiger partial charge >= 0.3 is 12.2 Å². The lowest BCUT2D eigenvalue weighted by molar-refractivity contribution is -0.136. The average molecular weight is 838 g/mol. The van der Waals surface area contributed by atoms with Gasteiger partial charge in [0.05, 0.1) is 67.8 Å². The number of methoxy groups -OCH3 is 2. The molecule has 5 aromatic rings. The molecule has 3 aliphatic rings. The van der Waals surface area contributed by atoms with Crippen LogP contribution in [0.25, 0.3) is 44.7 Å². The Hall–Kier alpha value is -6.39. The Morgan fingerprint density at radius 1 is 0.820 bits per heavy atom. The van der Waals surface area contributed by atoms with E-state index in [0.29, 0.717) is 18.2 Å². The van der Waals surface area contributed by atoms with Crippen LogP contribution in [0, 0.1) is 11.8 Å². The molecule has 2 aromatic carbocycles. The summed E-state index contributed by atoms with van der Waals surface area (Å²) in [5.74, 6) is 0.944. The lowest BCUT2D eigenvalue weighted by Crippen LogP contribution is -2.51. The third-order valence-corrected chi connectivity index (χ3v) is 12.1. The first-order chi connectivity index (χ1) is 29.3. The van der Waals surface area contributed by atoms with Gasteiger partial charge in [0.15, 0.2) is 6.23 Å². The number of nitrogens with one attached hydrogen (secondary N) is 4. The van der Waals surface area contributed by atoms with E-state index in [1.165, 1.54) is 19.1 Å². The molecule has 3 aromatic heterocycles. The van der Waals surface area contributed by atoms with Crippen molar-refractivity contribution in [2.75, 3.05) is 27.3 Å². The zero-order valence-electron chi connectivity index (χ0n) is 35.3. The zero-order valence-corrected chi connectivity index (χ0v) is 35.3. The molecule has 4 N–H and O–H groups in total. The second kappa shape index (κ2) is 16.6. The summed E-state index contributed by atoms with van der Waals surface area (Å²) in [6.45, 7) is 9.87. The molecule has 0 saturated carbocycles. The first-order valence-electron chi connectivity index (χ1n) is 20.8. The van der Waals surface area contributed by atoms with Crippen LogP contribution in [0.4, 0.5) is 14.0 Å². The third-order valence-electron chi connectivity index (χ3n) is 12.1. The fraction of sp³-hybridized carbons (Fsp3) is 0.455. The second-order valence-electron chi connectivity index (χ2n) is 16.7. The van der Waals surface area contributed by atoms with Gasteiger partial charge in [-0.15, -0.1) is 0 Å². The molecule has 4 amide bonds. The average Bonchev–Trinajstić information content (AvgIpc) is 4.10. The van der Waals surface area contributed by atoms with Crippen LogP contribution in [0.15, 0.2) is 54.9 Å². The summed E-state index contributed by atoms with van der Waals surface area (Å²) < 4.78 is 33.1. The van der Waals surface area contributed by atoms with Gasteiger partial charge in [-0.1, -0.05) is 39.8 Å². The van der Waals surface area contributed by atoms with E-state index in [4.69, 9.17) is 19.2 Å². The summed E-state index contributed by atoms with van der Waals surface area (Å²) in [5.41, 5.74) is 6.19. The second-order valence-corrected chi connectivity index (χ2v) is 16.7. The maximum absolute atomic E-state index is 14.9. The van der Waals surface area contributed by atoms with Gasteiger partial charge in [0.2, 0.25) is 11.8 Å². The first-order valence-corrected chi connectivity index (χ1v) is 20.8. The number of aromatic nitrogens is 5. The van der Waals surface area contributed by atoms with Crippen molar-refractivity contribution < 1.29 is 37.8 Å². The number of hydrogen-bond donors (Lipinski definition) is 4. The van der Waals surface area contributed by atoms with Crippen molar-refractivity contribution in [1.29, 1.82) is 0 Å². The summed E-state index contributed by atoms with van der Waals surface area (Å²) in [7, 11) is 2.51. The molecule has 2 fully saturated rings. The number of nitrogens with zero attached hydrogens (tertiary/aromatic N) is 5. The predicted octanol–water partition coefficient (Wildman–Crippen LogP) is 7.04. The first kappa shape index (κ1) is 41.3. The van der Waals surface area contributed by atoms with E-state index in [1.807, 2.05) is 65.0 Å². The highest BCUT2D eigenvalue weighted by atomic mass is 19.1. The lowest BCUT2D eigenvalue weighted by Gasteiger charge is -2.30. The number of H-pyrrole nitrogens is 2. The van der Waals surface area contributed by atoms with Gasteiger partial charge in [0.1, 0.15) is 35.7 Å². The Morgan fingerprint density at radius 3 is 2.03 bits per heavy atom. The zero-order chi connectivity index (χ0) is 43.3. The molecule has 0 aliphatic carbocycles. The number of imidazole rings is 2. The van der Waals surface area contributed by atoms with Crippen LogP contribution in [-0.2, 0) is 19.1 Å². The Labute approximate surface area is 352 Å². The van der Waals surface area contributed by atoms with Crippen LogP contribution in [-0.4, -0.2) is 104 Å². The molecule has 6 atom stereocenters. The van der Waals surface area contributed by atoms with Crippen molar-refractivity contribution in [3.63, 3.8) is 0 Å². The summed E-state index contributed by atoms with van der Waals surface area (Å²) in [6.07, 6.45) is 2.21. The molecule has 16 nitrogen and oxygen atoms in total. The number of carbonyl (C=O) groups is 4. The molecule has 6 heterocycles. The highest BCUT2D eigenvalue weighted by Gasteiger charge is 2.42. The minimum Gasteiger partial charge on any atom is -0.470 e. The van der Waals surface area contributed by atoms with Crippen LogP contribution in [0.5, 0.6) is 5.75 Å². The largest absolute Gasteiger partial charge is 0.470 e. The van der Waals surface area contributed by atoms with E-state index in [1.54, 1.807) is 17.3 Å². The van der Waals surface area contributed by atoms with E-state index >= 15 is 0 Å². The third kappa shape index (κ3) is 7.76. The number of halogens is 1. The van der Waals surface area contributed by atoms with Crippen molar-refractivity contribution in [3.05, 3.63) is 66.5 Å². The molecule has 0 bridgehead atoms. The standard InChI is InChI=1S/C44H52FN9O7/c1-22(2)37(50-43(57)59-6)41(55)52-14-8-9-33(52)39-46-20-31(48-39)26-10-12-29-34-16-27-15-25(11-13-32(27)54(34)24(5)61-36(29)17-26)30-19-47-40(49-30)35-18-28(45)21-53(35)42(56)38(23(3)4)51-44(58)60-7/h10-13,15-17,19-20,22-24,28,33,35,37-38H,8-9,14,18,21H2,1-7H3,(H,46,48)(H,47,49)(H,50,57)(H,51,58)/t24?,28-,33+,35+,37+,38+/m1/s1. The number of ether oxygens (including phenoxy) is 3. The van der Waals surface area contributed by atoms with E-state index in [-0.39, 0.29) is 43.0 Å². The minimum absolute atomic E-state index is 0.0874. The van der Waals surface area contributed by atoms with E-state index in [0.717, 1.165) is 63.3 Å². The van der Waals surface area contributed by atoms with Gasteiger partial charge in [-0.2, -0.15) is 0 Å². The molecular weight excluding hydrogens is 786 g/mol. The molecule has 2 saturated heterocycles. The quantitative estimate of drug-likeness (QED) is 0.114. The van der Waals surface area contributed by atoms with Crippen LogP contribution in [0.2, 0.25) is 0 Å². The molecule has 61 heavy (non-hydrogen) atoms. The Morgan fingerprint density at radius 2 is 1.41 bits per heavy atom. The smallest absolute Gasteiger partial charge is 0.407 e. The number of hydrogen-bond acceptors (Lipinski definition) is 9. The van der Waals surface area contributed by atoms with Crippen molar-refractivity contribution in [3.8, 4) is 39.5 Å². The van der Waals surface area contributed by atoms with Crippen molar-refractivity contribution >= 4 is 34.9 Å². The number of fused-ring (bicyclic) bond motifs is 5. The highest BCUT2D eigenvalue weighted by Crippen LogP contribution is 2.44. The Bertz CT molecular complexity index is 2470.